The monoisotopic (exact) mass is 314 g/mol. The van der Waals surface area contributed by atoms with Crippen molar-refractivity contribution in [1.29, 1.82) is 0 Å². The normalized spacial score (nSPS) is 12.9. The number of aryl methyl sites for hydroxylation is 1. The van der Waals surface area contributed by atoms with E-state index in [-0.39, 0.29) is 6.04 Å². The molecule has 1 unspecified atom stereocenters. The van der Waals surface area contributed by atoms with Crippen molar-refractivity contribution in [3.8, 4) is 0 Å². The third-order valence-electron chi connectivity index (χ3n) is 2.59. The van der Waals surface area contributed by atoms with Gasteiger partial charge in [-0.1, -0.05) is 12.1 Å². The van der Waals surface area contributed by atoms with Crippen molar-refractivity contribution in [3.05, 3.63) is 32.7 Å². The minimum absolute atomic E-state index is 0.152. The Morgan fingerprint density at radius 1 is 1.59 bits per heavy atom. The third-order valence-corrected chi connectivity index (χ3v) is 4.11. The zero-order valence-electron chi connectivity index (χ0n) is 9.85. The van der Waals surface area contributed by atoms with Crippen molar-refractivity contribution in [2.24, 2.45) is 0 Å². The molecule has 0 amide bonds. The van der Waals surface area contributed by atoms with Gasteiger partial charge in [-0.15, -0.1) is 16.4 Å². The van der Waals surface area contributed by atoms with E-state index in [2.05, 4.69) is 49.9 Å². The summed E-state index contributed by atoms with van der Waals surface area (Å²) in [5, 5.41) is 13.6. The molecule has 2 rings (SSSR count). The third kappa shape index (κ3) is 2.75. The van der Waals surface area contributed by atoms with Crippen LogP contribution in [0.3, 0.4) is 0 Å². The molecule has 0 spiro atoms. The highest BCUT2D eigenvalue weighted by atomic mass is 79.9. The lowest BCUT2D eigenvalue weighted by Gasteiger charge is -2.15. The second kappa shape index (κ2) is 5.75. The highest BCUT2D eigenvalue weighted by Gasteiger charge is 2.18. The van der Waals surface area contributed by atoms with E-state index in [0.717, 1.165) is 22.4 Å². The zero-order valence-corrected chi connectivity index (χ0v) is 12.3. The van der Waals surface area contributed by atoms with Crippen LogP contribution in [0.2, 0.25) is 0 Å². The summed E-state index contributed by atoms with van der Waals surface area (Å²) in [7, 11) is 1.96. The second-order valence-corrected chi connectivity index (χ2v) is 6.08. The first kappa shape index (κ1) is 12.7. The van der Waals surface area contributed by atoms with Crippen molar-refractivity contribution in [3.63, 3.8) is 0 Å². The quantitative estimate of drug-likeness (QED) is 0.922. The van der Waals surface area contributed by atoms with Gasteiger partial charge >= 0.3 is 0 Å². The first-order valence-electron chi connectivity index (χ1n) is 5.55. The van der Waals surface area contributed by atoms with Crippen LogP contribution < -0.4 is 5.32 Å². The van der Waals surface area contributed by atoms with Crippen molar-refractivity contribution in [2.45, 2.75) is 25.9 Å². The van der Waals surface area contributed by atoms with Crippen LogP contribution in [0, 0.1) is 0 Å². The van der Waals surface area contributed by atoms with Crippen LogP contribution in [0.15, 0.2) is 21.4 Å². The maximum atomic E-state index is 4.13. The van der Waals surface area contributed by atoms with Crippen LogP contribution in [-0.2, 0) is 6.54 Å². The predicted molar refractivity (Wildman–Crippen MR) is 73.2 cm³/mol. The molecule has 2 aromatic rings. The average Bonchev–Trinajstić information content (AvgIpc) is 2.91. The van der Waals surface area contributed by atoms with Gasteiger partial charge in [0.2, 0.25) is 0 Å². The molecule has 0 fully saturated rings. The lowest BCUT2D eigenvalue weighted by Crippen LogP contribution is -2.21. The maximum absolute atomic E-state index is 4.13. The fraction of sp³-hybridized carbons (Fsp3) is 0.455. The van der Waals surface area contributed by atoms with Crippen LogP contribution >= 0.6 is 27.3 Å². The van der Waals surface area contributed by atoms with Crippen molar-refractivity contribution in [2.75, 3.05) is 7.05 Å². The lowest BCUT2D eigenvalue weighted by molar-refractivity contribution is 0.524. The van der Waals surface area contributed by atoms with Gasteiger partial charge in [-0.3, -0.25) is 0 Å². The molecule has 0 aliphatic rings. The number of nitrogens with zero attached hydrogens (tertiary/aromatic N) is 3. The van der Waals surface area contributed by atoms with Gasteiger partial charge in [0.05, 0.1) is 21.7 Å². The molecule has 0 aliphatic carbocycles. The van der Waals surface area contributed by atoms with Crippen LogP contribution in [-0.4, -0.2) is 22.0 Å². The summed E-state index contributed by atoms with van der Waals surface area (Å²) in [5.41, 5.74) is 2.35. The minimum atomic E-state index is 0.152. The molecule has 0 saturated heterocycles. The van der Waals surface area contributed by atoms with E-state index in [4.69, 9.17) is 0 Å². The Morgan fingerprint density at radius 2 is 2.41 bits per heavy atom. The van der Waals surface area contributed by atoms with Crippen LogP contribution in [0.5, 0.6) is 0 Å². The molecule has 0 saturated carbocycles. The van der Waals surface area contributed by atoms with E-state index in [1.807, 2.05) is 17.9 Å². The summed E-state index contributed by atoms with van der Waals surface area (Å²) in [6.07, 6.45) is 2.89. The number of nitrogens with one attached hydrogen (secondary N) is 1. The summed E-state index contributed by atoms with van der Waals surface area (Å²) < 4.78 is 3.11. The molecule has 4 nitrogen and oxygen atoms in total. The summed E-state index contributed by atoms with van der Waals surface area (Å²) >= 11 is 5.19. The van der Waals surface area contributed by atoms with Crippen LogP contribution in [0.1, 0.15) is 30.6 Å². The minimum Gasteiger partial charge on any atom is -0.308 e. The Hall–Kier alpha value is -0.720. The largest absolute Gasteiger partial charge is 0.308 e. The Bertz CT molecular complexity index is 479. The highest BCUT2D eigenvalue weighted by Crippen LogP contribution is 2.28. The van der Waals surface area contributed by atoms with E-state index in [1.54, 1.807) is 11.3 Å². The number of hydrogen-bond donors (Lipinski definition) is 1. The van der Waals surface area contributed by atoms with Gasteiger partial charge in [-0.05, 0) is 46.4 Å². The molecule has 6 heteroatoms. The first-order valence-corrected chi connectivity index (χ1v) is 7.23. The smallest absolute Gasteiger partial charge is 0.0802 e. The number of aromatic nitrogens is 3. The van der Waals surface area contributed by atoms with Gasteiger partial charge in [0.15, 0.2) is 0 Å². The van der Waals surface area contributed by atoms with Crippen molar-refractivity contribution in [1.82, 2.24) is 20.3 Å². The Balaban J connectivity index is 2.31. The number of halogens is 1. The van der Waals surface area contributed by atoms with Gasteiger partial charge in [0.1, 0.15) is 0 Å². The topological polar surface area (TPSA) is 42.7 Å². The molecule has 0 radical (unpaired) electrons. The average molecular weight is 315 g/mol. The van der Waals surface area contributed by atoms with Gasteiger partial charge in [-0.2, -0.15) is 0 Å². The number of rotatable bonds is 5. The predicted octanol–water partition coefficient (Wildman–Crippen LogP) is 2.82. The molecule has 0 bridgehead atoms. The summed E-state index contributed by atoms with van der Waals surface area (Å²) in [6.45, 7) is 3.04. The van der Waals surface area contributed by atoms with E-state index >= 15 is 0 Å². The van der Waals surface area contributed by atoms with Crippen LogP contribution in [0.25, 0.3) is 0 Å². The fourth-order valence-electron chi connectivity index (χ4n) is 1.83. The van der Waals surface area contributed by atoms with E-state index in [9.17, 15) is 0 Å². The summed E-state index contributed by atoms with van der Waals surface area (Å²) in [4.78, 5) is 0. The molecule has 92 valence electrons. The summed E-state index contributed by atoms with van der Waals surface area (Å²) in [5.74, 6) is 0. The van der Waals surface area contributed by atoms with Gasteiger partial charge in [0.25, 0.3) is 0 Å². The van der Waals surface area contributed by atoms with Crippen LogP contribution in [0.4, 0.5) is 0 Å². The molecule has 1 atom stereocenters. The molecule has 0 aliphatic heterocycles. The second-order valence-electron chi connectivity index (χ2n) is 3.79. The van der Waals surface area contributed by atoms with Gasteiger partial charge in [0, 0.05) is 6.54 Å². The highest BCUT2D eigenvalue weighted by molar-refractivity contribution is 9.11. The van der Waals surface area contributed by atoms with Crippen molar-refractivity contribution >= 4 is 27.3 Å². The van der Waals surface area contributed by atoms with E-state index < -0.39 is 0 Å². The molecule has 0 aromatic carbocycles. The molecular formula is C11H15BrN4S. The molecule has 2 aromatic heterocycles. The van der Waals surface area contributed by atoms with E-state index in [0.29, 0.717) is 0 Å². The zero-order chi connectivity index (χ0) is 12.3. The van der Waals surface area contributed by atoms with Gasteiger partial charge < -0.3 is 5.32 Å². The molecule has 17 heavy (non-hydrogen) atoms. The maximum Gasteiger partial charge on any atom is 0.0802 e. The SMILES string of the molecule is CCCn1nncc1C(NC)c1csc(Br)c1. The first-order chi connectivity index (χ1) is 8.26. The number of thiophene rings is 1. The van der Waals surface area contributed by atoms with Gasteiger partial charge in [-0.25, -0.2) is 4.68 Å². The molecular weight excluding hydrogens is 300 g/mol. The molecule has 1 N–H and O–H groups in total. The van der Waals surface area contributed by atoms with Crippen molar-refractivity contribution < 1.29 is 0 Å². The van der Waals surface area contributed by atoms with E-state index in [1.165, 1.54) is 5.56 Å². The Kier molecular flexibility index (Phi) is 4.31. The molecule has 2 heterocycles. The lowest BCUT2D eigenvalue weighted by atomic mass is 10.1. The summed E-state index contributed by atoms with van der Waals surface area (Å²) in [6, 6.07) is 2.29. The fourth-order valence-corrected chi connectivity index (χ4v) is 3.04. The Morgan fingerprint density at radius 3 is 3.00 bits per heavy atom. The Labute approximate surface area is 113 Å². The number of hydrogen-bond acceptors (Lipinski definition) is 4. The standard InChI is InChI=1S/C11H15BrN4S/c1-3-4-16-9(6-14-15-16)11(13-2)8-5-10(12)17-7-8/h5-7,11,13H,3-4H2,1-2H3.